The number of carbonyl (C=O) groups is 2. The first kappa shape index (κ1) is 16.2. The summed E-state index contributed by atoms with van der Waals surface area (Å²) < 4.78 is 0. The fraction of sp³-hybridized carbons (Fsp3) is 0.0667. The van der Waals surface area contributed by atoms with E-state index in [-0.39, 0.29) is 17.8 Å². The molecule has 122 valence electrons. The van der Waals surface area contributed by atoms with Gasteiger partial charge in [-0.3, -0.25) is 14.9 Å². The van der Waals surface area contributed by atoms with E-state index >= 15 is 0 Å². The number of thiophene rings is 1. The van der Waals surface area contributed by atoms with Crippen LogP contribution in [0.1, 0.15) is 25.6 Å². The van der Waals surface area contributed by atoms with Crippen molar-refractivity contribution in [1.29, 1.82) is 0 Å². The zero-order valence-corrected chi connectivity index (χ0v) is 14.0. The van der Waals surface area contributed by atoms with Crippen LogP contribution in [0.5, 0.6) is 0 Å². The highest BCUT2D eigenvalue weighted by molar-refractivity contribution is 7.18. The summed E-state index contributed by atoms with van der Waals surface area (Å²) in [6.07, 6.45) is 1.30. The number of aromatic nitrogens is 3. The summed E-state index contributed by atoms with van der Waals surface area (Å²) in [5, 5.41) is 12.5. The smallest absolute Gasteiger partial charge is 0.268 e. The number of aryl methyl sites for hydroxylation is 1. The average Bonchev–Trinajstić information content (AvgIpc) is 3.17. The van der Waals surface area contributed by atoms with Crippen LogP contribution in [0.25, 0.3) is 0 Å². The number of nitrogens with one attached hydrogen (secondary N) is 3. The van der Waals surface area contributed by atoms with Crippen LogP contribution in [0, 0.1) is 6.92 Å². The molecule has 0 atom stereocenters. The third-order valence-electron chi connectivity index (χ3n) is 3.13. The van der Waals surface area contributed by atoms with Crippen LogP contribution in [0.4, 0.5) is 10.9 Å². The van der Waals surface area contributed by atoms with Crippen molar-refractivity contribution in [2.24, 2.45) is 0 Å². The number of hydrogen-bond acceptors (Lipinski definition) is 5. The number of nitrogens with zero attached hydrogens (tertiary/aromatic N) is 2. The maximum atomic E-state index is 12.3. The van der Waals surface area contributed by atoms with E-state index in [1.807, 2.05) is 0 Å². The van der Waals surface area contributed by atoms with Gasteiger partial charge >= 0.3 is 0 Å². The summed E-state index contributed by atoms with van der Waals surface area (Å²) in [7, 11) is 0. The van der Waals surface area contributed by atoms with Crippen LogP contribution in [-0.4, -0.2) is 27.0 Å². The van der Waals surface area contributed by atoms with Crippen LogP contribution >= 0.6 is 22.9 Å². The minimum atomic E-state index is -0.330. The van der Waals surface area contributed by atoms with Crippen molar-refractivity contribution in [2.75, 3.05) is 10.6 Å². The first-order valence-corrected chi connectivity index (χ1v) is 8.07. The Morgan fingerprint density at radius 3 is 2.71 bits per heavy atom. The summed E-state index contributed by atoms with van der Waals surface area (Å²) in [5.41, 5.74) is 1.12. The van der Waals surface area contributed by atoms with Crippen molar-refractivity contribution in [2.45, 2.75) is 6.92 Å². The van der Waals surface area contributed by atoms with Crippen LogP contribution < -0.4 is 10.6 Å². The molecule has 0 saturated carbocycles. The third-order valence-corrected chi connectivity index (χ3v) is 4.61. The van der Waals surface area contributed by atoms with Crippen LogP contribution in [-0.2, 0) is 0 Å². The lowest BCUT2D eigenvalue weighted by atomic mass is 10.2. The Kier molecular flexibility index (Phi) is 4.59. The van der Waals surface area contributed by atoms with Gasteiger partial charge in [-0.25, -0.2) is 5.10 Å². The average molecular weight is 362 g/mol. The normalized spacial score (nSPS) is 10.4. The number of halogens is 1. The summed E-state index contributed by atoms with van der Waals surface area (Å²) in [6.45, 7) is 1.79. The molecule has 0 bridgehead atoms. The quantitative estimate of drug-likeness (QED) is 0.663. The zero-order valence-electron chi connectivity index (χ0n) is 12.5. The molecule has 0 aliphatic heterocycles. The van der Waals surface area contributed by atoms with Crippen molar-refractivity contribution in [3.05, 3.63) is 57.7 Å². The van der Waals surface area contributed by atoms with Crippen molar-refractivity contribution >= 4 is 45.7 Å². The molecule has 1 aromatic carbocycles. The molecule has 9 heteroatoms. The SMILES string of the molecule is Cc1cc(NC(=O)c2ccccc2Cl)sc1C(=O)Nc1ncn[nH]1. The molecule has 0 radical (unpaired) electrons. The predicted octanol–water partition coefficient (Wildman–Crippen LogP) is 3.33. The zero-order chi connectivity index (χ0) is 17.1. The topological polar surface area (TPSA) is 99.8 Å². The Balaban J connectivity index is 1.75. The lowest BCUT2D eigenvalue weighted by molar-refractivity contribution is 0.101. The maximum Gasteiger partial charge on any atom is 0.268 e. The highest BCUT2D eigenvalue weighted by Gasteiger charge is 2.17. The molecular formula is C15H12ClN5O2S. The largest absolute Gasteiger partial charge is 0.313 e. The number of rotatable bonds is 4. The number of aromatic amines is 1. The molecule has 0 spiro atoms. The van der Waals surface area contributed by atoms with Crippen LogP contribution in [0.3, 0.4) is 0 Å². The molecule has 24 heavy (non-hydrogen) atoms. The number of carbonyl (C=O) groups excluding carboxylic acids is 2. The second kappa shape index (κ2) is 6.81. The Bertz CT molecular complexity index is 891. The number of H-pyrrole nitrogens is 1. The van der Waals surface area contributed by atoms with Crippen molar-refractivity contribution in [3.63, 3.8) is 0 Å². The summed E-state index contributed by atoms with van der Waals surface area (Å²) >= 11 is 7.18. The molecule has 0 fully saturated rings. The molecule has 3 aromatic rings. The lowest BCUT2D eigenvalue weighted by Crippen LogP contribution is -2.12. The molecule has 2 amide bonds. The Labute approximate surface area is 146 Å². The fourth-order valence-corrected chi connectivity index (χ4v) is 3.21. The first-order valence-electron chi connectivity index (χ1n) is 6.87. The standard InChI is InChI=1S/C15H12ClN5O2S/c1-8-6-11(19-13(22)9-4-2-3-5-10(9)16)24-12(8)14(23)20-15-17-7-18-21-15/h2-7H,1H3,(H,19,22)(H2,17,18,20,21,23). The Morgan fingerprint density at radius 1 is 1.21 bits per heavy atom. The van der Waals surface area contributed by atoms with Gasteiger partial charge in [-0.2, -0.15) is 10.1 Å². The maximum absolute atomic E-state index is 12.3. The molecule has 3 N–H and O–H groups in total. The van der Waals surface area contributed by atoms with Gasteiger partial charge in [0.25, 0.3) is 11.8 Å². The highest BCUT2D eigenvalue weighted by atomic mass is 35.5. The number of benzene rings is 1. The van der Waals surface area contributed by atoms with Gasteiger partial charge in [-0.1, -0.05) is 23.7 Å². The molecule has 3 rings (SSSR count). The van der Waals surface area contributed by atoms with E-state index in [1.165, 1.54) is 17.7 Å². The van der Waals surface area contributed by atoms with E-state index in [0.717, 1.165) is 5.56 Å². The molecule has 0 aliphatic carbocycles. The van der Waals surface area contributed by atoms with Gasteiger partial charge in [0.1, 0.15) is 6.33 Å². The minimum Gasteiger partial charge on any atom is -0.313 e. The molecule has 2 heterocycles. The summed E-state index contributed by atoms with van der Waals surface area (Å²) in [6, 6.07) is 8.49. The minimum absolute atomic E-state index is 0.259. The van der Waals surface area contributed by atoms with Gasteiger partial charge in [0.05, 0.1) is 20.5 Å². The van der Waals surface area contributed by atoms with Gasteiger partial charge in [0.2, 0.25) is 5.95 Å². The molecular weight excluding hydrogens is 350 g/mol. The second-order valence-electron chi connectivity index (χ2n) is 4.84. The monoisotopic (exact) mass is 361 g/mol. The van der Waals surface area contributed by atoms with Gasteiger partial charge in [-0.15, -0.1) is 11.3 Å². The van der Waals surface area contributed by atoms with E-state index in [0.29, 0.717) is 20.5 Å². The molecule has 0 saturated heterocycles. The first-order chi connectivity index (χ1) is 11.5. The third kappa shape index (κ3) is 3.44. The van der Waals surface area contributed by atoms with Crippen LogP contribution in [0.2, 0.25) is 5.02 Å². The van der Waals surface area contributed by atoms with Crippen molar-refractivity contribution in [1.82, 2.24) is 15.2 Å². The molecule has 0 unspecified atom stereocenters. The Hall–Kier alpha value is -2.71. The van der Waals surface area contributed by atoms with E-state index in [2.05, 4.69) is 25.8 Å². The predicted molar refractivity (Wildman–Crippen MR) is 92.8 cm³/mol. The van der Waals surface area contributed by atoms with Gasteiger partial charge in [0.15, 0.2) is 0 Å². The van der Waals surface area contributed by atoms with Crippen LogP contribution in [0.15, 0.2) is 36.7 Å². The molecule has 2 aromatic heterocycles. The number of anilines is 2. The van der Waals surface area contributed by atoms with E-state index < -0.39 is 0 Å². The van der Waals surface area contributed by atoms with Crippen molar-refractivity contribution < 1.29 is 9.59 Å². The van der Waals surface area contributed by atoms with Gasteiger partial charge in [-0.05, 0) is 30.7 Å². The van der Waals surface area contributed by atoms with E-state index in [4.69, 9.17) is 11.6 Å². The lowest BCUT2D eigenvalue weighted by Gasteiger charge is -2.04. The van der Waals surface area contributed by atoms with Gasteiger partial charge in [0, 0.05) is 0 Å². The molecule has 0 aliphatic rings. The summed E-state index contributed by atoms with van der Waals surface area (Å²) in [5.74, 6) is -0.397. The fourth-order valence-electron chi connectivity index (χ4n) is 2.02. The second-order valence-corrected chi connectivity index (χ2v) is 6.30. The molecule has 7 nitrogen and oxygen atoms in total. The summed E-state index contributed by atoms with van der Waals surface area (Å²) in [4.78, 5) is 28.8. The van der Waals surface area contributed by atoms with Gasteiger partial charge < -0.3 is 5.32 Å². The van der Waals surface area contributed by atoms with Crippen molar-refractivity contribution in [3.8, 4) is 0 Å². The highest BCUT2D eigenvalue weighted by Crippen LogP contribution is 2.28. The number of hydrogen-bond donors (Lipinski definition) is 3. The number of amides is 2. The Morgan fingerprint density at radius 2 is 2.00 bits per heavy atom. The van der Waals surface area contributed by atoms with E-state index in [1.54, 1.807) is 37.3 Å². The van der Waals surface area contributed by atoms with E-state index in [9.17, 15) is 9.59 Å².